The molecule has 5 nitrogen and oxygen atoms in total. The van der Waals surface area contributed by atoms with E-state index in [9.17, 15) is 9.18 Å². The molecule has 1 heterocycles. The average Bonchev–Trinajstić information content (AvgIpc) is 2.98. The number of nitrogens with two attached hydrogens (primary N) is 1. The minimum Gasteiger partial charge on any atom is -0.489 e. The van der Waals surface area contributed by atoms with Crippen molar-refractivity contribution in [3.8, 4) is 5.75 Å². The van der Waals surface area contributed by atoms with Crippen molar-refractivity contribution in [2.45, 2.75) is 38.8 Å². The SMILES string of the molecule is CC(N)C(C)C(=O)Nc1cc(F)ccc1OCC1CCCO1.Cl. The van der Waals surface area contributed by atoms with Crippen molar-refractivity contribution in [1.82, 2.24) is 0 Å². The third-order valence-electron chi connectivity index (χ3n) is 3.85. The average molecular weight is 347 g/mol. The first-order valence-corrected chi connectivity index (χ1v) is 7.57. The van der Waals surface area contributed by atoms with Gasteiger partial charge in [-0.2, -0.15) is 0 Å². The minimum atomic E-state index is -0.437. The van der Waals surface area contributed by atoms with Crippen LogP contribution in [0.15, 0.2) is 18.2 Å². The largest absolute Gasteiger partial charge is 0.489 e. The molecule has 1 saturated heterocycles. The van der Waals surface area contributed by atoms with Crippen LogP contribution >= 0.6 is 12.4 Å². The fourth-order valence-electron chi connectivity index (χ4n) is 2.17. The second-order valence-electron chi connectivity index (χ2n) is 5.72. The highest BCUT2D eigenvalue weighted by atomic mass is 35.5. The summed E-state index contributed by atoms with van der Waals surface area (Å²) in [6.45, 7) is 4.61. The fourth-order valence-corrected chi connectivity index (χ4v) is 2.17. The van der Waals surface area contributed by atoms with E-state index in [-0.39, 0.29) is 36.4 Å². The summed E-state index contributed by atoms with van der Waals surface area (Å²) in [4.78, 5) is 12.1. The Morgan fingerprint density at radius 2 is 2.26 bits per heavy atom. The molecule has 0 aromatic heterocycles. The topological polar surface area (TPSA) is 73.6 Å². The van der Waals surface area contributed by atoms with Gasteiger partial charge in [0.15, 0.2) is 0 Å². The number of carbonyl (C=O) groups is 1. The molecule has 3 unspecified atom stereocenters. The number of benzene rings is 1. The molecule has 0 aliphatic carbocycles. The van der Waals surface area contributed by atoms with Crippen LogP contribution in [0.1, 0.15) is 26.7 Å². The predicted octanol–water partition coefficient (Wildman–Crippen LogP) is 2.73. The lowest BCUT2D eigenvalue weighted by Gasteiger charge is -2.18. The van der Waals surface area contributed by atoms with Gasteiger partial charge in [0.1, 0.15) is 18.2 Å². The van der Waals surface area contributed by atoms with E-state index in [1.807, 2.05) is 0 Å². The van der Waals surface area contributed by atoms with Gasteiger partial charge in [-0.15, -0.1) is 12.4 Å². The summed E-state index contributed by atoms with van der Waals surface area (Å²) in [5.41, 5.74) is 6.03. The lowest BCUT2D eigenvalue weighted by Crippen LogP contribution is -2.34. The summed E-state index contributed by atoms with van der Waals surface area (Å²) >= 11 is 0. The van der Waals surface area contributed by atoms with Crippen LogP contribution in [0.3, 0.4) is 0 Å². The number of halogens is 2. The van der Waals surface area contributed by atoms with Crippen molar-refractivity contribution in [3.63, 3.8) is 0 Å². The van der Waals surface area contributed by atoms with Crippen molar-refractivity contribution in [1.29, 1.82) is 0 Å². The molecular formula is C16H24ClFN2O3. The zero-order chi connectivity index (χ0) is 16.1. The lowest BCUT2D eigenvalue weighted by atomic mass is 10.0. The van der Waals surface area contributed by atoms with Gasteiger partial charge in [-0.1, -0.05) is 6.92 Å². The molecule has 0 saturated carbocycles. The molecule has 3 N–H and O–H groups in total. The standard InChI is InChI=1S/C16H23FN2O3.ClH/c1-10(11(2)18)16(20)19-14-8-12(17)5-6-15(14)22-9-13-4-3-7-21-13;/h5-6,8,10-11,13H,3-4,7,9,18H2,1-2H3,(H,19,20);1H. The van der Waals surface area contributed by atoms with E-state index in [0.717, 1.165) is 19.4 Å². The third-order valence-corrected chi connectivity index (χ3v) is 3.85. The van der Waals surface area contributed by atoms with Gasteiger partial charge in [-0.3, -0.25) is 4.79 Å². The van der Waals surface area contributed by atoms with Crippen molar-refractivity contribution in [2.24, 2.45) is 11.7 Å². The number of hydrogen-bond donors (Lipinski definition) is 2. The van der Waals surface area contributed by atoms with Crippen LogP contribution in [0.2, 0.25) is 0 Å². The van der Waals surface area contributed by atoms with Gasteiger partial charge in [0.2, 0.25) is 5.91 Å². The highest BCUT2D eigenvalue weighted by Crippen LogP contribution is 2.27. The first-order chi connectivity index (χ1) is 10.5. The number of ether oxygens (including phenoxy) is 2. The summed E-state index contributed by atoms with van der Waals surface area (Å²) in [5.74, 6) is -0.646. The molecular weight excluding hydrogens is 323 g/mol. The van der Waals surface area contributed by atoms with Crippen LogP contribution in [0.5, 0.6) is 5.75 Å². The van der Waals surface area contributed by atoms with E-state index in [0.29, 0.717) is 18.0 Å². The summed E-state index contributed by atoms with van der Waals surface area (Å²) in [7, 11) is 0. The zero-order valence-electron chi connectivity index (χ0n) is 13.4. The summed E-state index contributed by atoms with van der Waals surface area (Å²) in [6.07, 6.45) is 2.02. The van der Waals surface area contributed by atoms with Crippen molar-refractivity contribution in [3.05, 3.63) is 24.0 Å². The number of rotatable bonds is 6. The van der Waals surface area contributed by atoms with Crippen molar-refractivity contribution in [2.75, 3.05) is 18.5 Å². The van der Waals surface area contributed by atoms with E-state index in [4.69, 9.17) is 15.2 Å². The van der Waals surface area contributed by atoms with Crippen LogP contribution in [-0.4, -0.2) is 31.3 Å². The quantitative estimate of drug-likeness (QED) is 0.830. The summed E-state index contributed by atoms with van der Waals surface area (Å²) < 4.78 is 24.6. The number of carbonyl (C=O) groups excluding carboxylic acids is 1. The fraction of sp³-hybridized carbons (Fsp3) is 0.562. The molecule has 1 aliphatic heterocycles. The molecule has 2 rings (SSSR count). The van der Waals surface area contributed by atoms with E-state index in [1.165, 1.54) is 18.2 Å². The van der Waals surface area contributed by atoms with Gasteiger partial charge in [0.05, 0.1) is 17.7 Å². The maximum atomic E-state index is 13.4. The number of nitrogens with one attached hydrogen (secondary N) is 1. The smallest absolute Gasteiger partial charge is 0.228 e. The molecule has 1 amide bonds. The Bertz CT molecular complexity index is 522. The molecule has 1 aliphatic rings. The van der Waals surface area contributed by atoms with Gasteiger partial charge in [0.25, 0.3) is 0 Å². The molecule has 3 atom stereocenters. The molecule has 1 aromatic rings. The maximum absolute atomic E-state index is 13.4. The van der Waals surface area contributed by atoms with Gasteiger partial charge >= 0.3 is 0 Å². The van der Waals surface area contributed by atoms with Gasteiger partial charge in [-0.05, 0) is 31.9 Å². The van der Waals surface area contributed by atoms with Crippen molar-refractivity contribution < 1.29 is 18.7 Å². The maximum Gasteiger partial charge on any atom is 0.228 e. The van der Waals surface area contributed by atoms with Crippen LogP contribution in [0.4, 0.5) is 10.1 Å². The molecule has 23 heavy (non-hydrogen) atoms. The van der Waals surface area contributed by atoms with E-state index in [1.54, 1.807) is 13.8 Å². The molecule has 0 bridgehead atoms. The Morgan fingerprint density at radius 1 is 1.52 bits per heavy atom. The van der Waals surface area contributed by atoms with E-state index >= 15 is 0 Å². The molecule has 0 spiro atoms. The van der Waals surface area contributed by atoms with E-state index < -0.39 is 5.82 Å². The van der Waals surface area contributed by atoms with Crippen LogP contribution < -0.4 is 15.8 Å². The Balaban J connectivity index is 0.00000264. The normalized spacial score (nSPS) is 19.6. The first-order valence-electron chi connectivity index (χ1n) is 7.57. The second-order valence-corrected chi connectivity index (χ2v) is 5.72. The molecule has 1 aromatic carbocycles. The molecule has 0 radical (unpaired) electrons. The van der Waals surface area contributed by atoms with Crippen LogP contribution in [0.25, 0.3) is 0 Å². The van der Waals surface area contributed by atoms with E-state index in [2.05, 4.69) is 5.32 Å². The summed E-state index contributed by atoms with van der Waals surface area (Å²) in [5, 5.41) is 2.68. The molecule has 7 heteroatoms. The highest BCUT2D eigenvalue weighted by molar-refractivity contribution is 5.94. The Morgan fingerprint density at radius 3 is 2.87 bits per heavy atom. The Hall–Kier alpha value is -1.37. The van der Waals surface area contributed by atoms with Crippen molar-refractivity contribution >= 4 is 24.0 Å². The van der Waals surface area contributed by atoms with Gasteiger partial charge in [-0.25, -0.2) is 4.39 Å². The van der Waals surface area contributed by atoms with Crippen LogP contribution in [0, 0.1) is 11.7 Å². The number of amides is 1. The number of anilines is 1. The summed E-state index contributed by atoms with van der Waals surface area (Å²) in [6, 6.07) is 3.77. The lowest BCUT2D eigenvalue weighted by molar-refractivity contribution is -0.119. The Labute approximate surface area is 142 Å². The number of hydrogen-bond acceptors (Lipinski definition) is 4. The van der Waals surface area contributed by atoms with Gasteiger partial charge < -0.3 is 20.5 Å². The molecule has 130 valence electrons. The third kappa shape index (κ3) is 5.64. The predicted molar refractivity (Wildman–Crippen MR) is 89.6 cm³/mol. The second kappa shape index (κ2) is 9.05. The zero-order valence-corrected chi connectivity index (χ0v) is 14.2. The van der Waals surface area contributed by atoms with Gasteiger partial charge in [0, 0.05) is 18.7 Å². The highest BCUT2D eigenvalue weighted by Gasteiger charge is 2.20. The minimum absolute atomic E-state index is 0. The first kappa shape index (κ1) is 19.7. The van der Waals surface area contributed by atoms with Crippen LogP contribution in [-0.2, 0) is 9.53 Å². The monoisotopic (exact) mass is 346 g/mol. The molecule has 1 fully saturated rings. The Kier molecular flexibility index (Phi) is 7.75.